The van der Waals surface area contributed by atoms with Crippen molar-refractivity contribution in [3.05, 3.63) is 76.3 Å². The molecule has 3 heterocycles. The first-order valence-electron chi connectivity index (χ1n) is 14.6. The van der Waals surface area contributed by atoms with Crippen LogP contribution in [0.4, 0.5) is 27.8 Å². The Balaban J connectivity index is 1.29. The number of nitrogens with one attached hydrogen (secondary N) is 1. The van der Waals surface area contributed by atoms with Crippen molar-refractivity contribution < 1.29 is 22.0 Å². The van der Waals surface area contributed by atoms with E-state index in [1.807, 2.05) is 24.7 Å². The Morgan fingerprint density at radius 2 is 1.98 bits per heavy atom. The van der Waals surface area contributed by atoms with Crippen LogP contribution in [0, 0.1) is 17.3 Å². The number of fused-ring (bicyclic) bond motifs is 1. The molecule has 5 rings (SSSR count). The van der Waals surface area contributed by atoms with E-state index in [0.717, 1.165) is 73.2 Å². The van der Waals surface area contributed by atoms with Crippen molar-refractivity contribution in [2.75, 3.05) is 11.9 Å². The van der Waals surface area contributed by atoms with Crippen LogP contribution in [0.2, 0.25) is 0 Å². The number of alkyl halides is 5. The molecule has 3 aliphatic rings. The van der Waals surface area contributed by atoms with Gasteiger partial charge in [-0.1, -0.05) is 29.4 Å². The zero-order valence-electron chi connectivity index (χ0n) is 23.8. The average molecular weight is 575 g/mol. The van der Waals surface area contributed by atoms with Crippen molar-refractivity contribution in [2.24, 2.45) is 24.3 Å². The van der Waals surface area contributed by atoms with Crippen LogP contribution in [0.3, 0.4) is 0 Å². The van der Waals surface area contributed by atoms with Gasteiger partial charge >= 0.3 is 6.18 Å². The van der Waals surface area contributed by atoms with Gasteiger partial charge in [0.1, 0.15) is 5.82 Å². The van der Waals surface area contributed by atoms with Crippen LogP contribution < -0.4 is 5.32 Å². The number of hydrogen-bond acceptors (Lipinski definition) is 3. The van der Waals surface area contributed by atoms with Gasteiger partial charge in [0.05, 0.1) is 11.3 Å². The van der Waals surface area contributed by atoms with E-state index in [2.05, 4.69) is 29.1 Å². The number of pyridine rings is 1. The summed E-state index contributed by atoms with van der Waals surface area (Å²) in [5.41, 5.74) is 3.41. The molecule has 2 aromatic heterocycles. The van der Waals surface area contributed by atoms with Crippen LogP contribution in [0.25, 0.3) is 0 Å². The molecule has 9 heteroatoms. The fraction of sp³-hybridized carbons (Fsp3) is 0.562. The molecular formula is C32H39F5N4. The van der Waals surface area contributed by atoms with Crippen molar-refractivity contribution in [2.45, 2.75) is 83.7 Å². The van der Waals surface area contributed by atoms with E-state index in [1.54, 1.807) is 0 Å². The lowest BCUT2D eigenvalue weighted by Gasteiger charge is -2.32. The summed E-state index contributed by atoms with van der Waals surface area (Å²) in [6.07, 6.45) is 1.36. The van der Waals surface area contributed by atoms with Gasteiger partial charge in [0, 0.05) is 30.4 Å². The monoisotopic (exact) mass is 574 g/mol. The van der Waals surface area contributed by atoms with E-state index >= 15 is 0 Å². The minimum absolute atomic E-state index is 0.212. The van der Waals surface area contributed by atoms with Crippen molar-refractivity contribution in [3.8, 4) is 0 Å². The third-order valence-electron chi connectivity index (χ3n) is 8.92. The van der Waals surface area contributed by atoms with Crippen LogP contribution in [0.15, 0.2) is 53.6 Å². The topological polar surface area (TPSA) is 42.7 Å². The van der Waals surface area contributed by atoms with Crippen LogP contribution in [0.5, 0.6) is 0 Å². The van der Waals surface area contributed by atoms with Crippen LogP contribution in [0.1, 0.15) is 68.1 Å². The molecule has 0 bridgehead atoms. The Labute approximate surface area is 238 Å². The summed E-state index contributed by atoms with van der Waals surface area (Å²) in [7, 11) is 1.88. The standard InChI is InChI=1S/C32H39F5N4/c1-20(2)14-22(23-15-24(31(11-12-31)30(33)34)18-25(16-23)32(35,36)37)17-27-19-28(41(3)40-27)8-4-7-26-10-9-21-6-5-13-38-29(21)39-26/h9-10,16,18-19,22,24,30H,1,4-8,11-15,17H2,2-3H3,(H,38,39). The van der Waals surface area contributed by atoms with E-state index in [9.17, 15) is 22.0 Å². The number of rotatable bonds is 11. The maximum absolute atomic E-state index is 13.9. The first-order valence-corrected chi connectivity index (χ1v) is 14.6. The maximum atomic E-state index is 13.9. The molecule has 0 spiro atoms. The molecule has 1 N–H and O–H groups in total. The second-order valence-electron chi connectivity index (χ2n) is 12.2. The summed E-state index contributed by atoms with van der Waals surface area (Å²) in [4.78, 5) is 4.77. The smallest absolute Gasteiger partial charge is 0.370 e. The van der Waals surface area contributed by atoms with Gasteiger partial charge in [-0.2, -0.15) is 18.3 Å². The summed E-state index contributed by atoms with van der Waals surface area (Å²) in [5.74, 6) is -0.119. The summed E-state index contributed by atoms with van der Waals surface area (Å²) in [6.45, 7) is 6.81. The van der Waals surface area contributed by atoms with Crippen LogP contribution in [-0.2, 0) is 32.7 Å². The molecule has 0 saturated heterocycles. The average Bonchev–Trinajstić information content (AvgIpc) is 3.67. The third kappa shape index (κ3) is 6.75. The third-order valence-corrected chi connectivity index (χ3v) is 8.92. The largest absolute Gasteiger partial charge is 0.416 e. The first-order chi connectivity index (χ1) is 19.4. The maximum Gasteiger partial charge on any atom is 0.416 e. The highest BCUT2D eigenvalue weighted by molar-refractivity contribution is 5.47. The highest BCUT2D eigenvalue weighted by Gasteiger charge is 2.57. The fourth-order valence-electron chi connectivity index (χ4n) is 6.43. The number of aromatic nitrogens is 3. The Morgan fingerprint density at radius 1 is 1.20 bits per heavy atom. The highest BCUT2D eigenvalue weighted by Crippen LogP contribution is 2.60. The lowest BCUT2D eigenvalue weighted by molar-refractivity contribution is -0.0897. The van der Waals surface area contributed by atoms with E-state index in [1.165, 1.54) is 11.6 Å². The van der Waals surface area contributed by atoms with Gasteiger partial charge in [0.15, 0.2) is 0 Å². The highest BCUT2D eigenvalue weighted by atomic mass is 19.4. The Hall–Kier alpha value is -2.97. The molecule has 1 fully saturated rings. The number of halogens is 5. The van der Waals surface area contributed by atoms with Gasteiger partial charge in [0.25, 0.3) is 0 Å². The molecule has 0 amide bonds. The molecule has 1 saturated carbocycles. The van der Waals surface area contributed by atoms with Crippen molar-refractivity contribution in [1.29, 1.82) is 0 Å². The van der Waals surface area contributed by atoms with E-state index in [0.29, 0.717) is 18.4 Å². The van der Waals surface area contributed by atoms with E-state index in [4.69, 9.17) is 4.98 Å². The second kappa shape index (κ2) is 11.7. The van der Waals surface area contributed by atoms with Crippen LogP contribution in [-0.4, -0.2) is 33.9 Å². The second-order valence-corrected chi connectivity index (χ2v) is 12.2. The Kier molecular flexibility index (Phi) is 8.44. The van der Waals surface area contributed by atoms with E-state index < -0.39 is 29.5 Å². The number of hydrogen-bond donors (Lipinski definition) is 1. The predicted molar refractivity (Wildman–Crippen MR) is 151 cm³/mol. The molecule has 41 heavy (non-hydrogen) atoms. The molecular weight excluding hydrogens is 535 g/mol. The SMILES string of the molecule is C=C(C)CC(Cc1cc(CCCc2ccc3c(n2)NCCC3)n(C)n1)C1=CC(C(F)(F)F)=CC(C2(C(F)F)CC2)C1. The summed E-state index contributed by atoms with van der Waals surface area (Å²) in [6, 6.07) is 6.28. The van der Waals surface area contributed by atoms with Gasteiger partial charge in [-0.25, -0.2) is 13.8 Å². The fourth-order valence-corrected chi connectivity index (χ4v) is 6.43. The molecule has 0 radical (unpaired) electrons. The first kappa shape index (κ1) is 29.5. The van der Waals surface area contributed by atoms with Crippen molar-refractivity contribution in [3.63, 3.8) is 0 Å². The zero-order chi connectivity index (χ0) is 29.4. The number of aryl methyl sites for hydroxylation is 4. The lowest BCUT2D eigenvalue weighted by atomic mass is 9.74. The van der Waals surface area contributed by atoms with Gasteiger partial charge in [-0.3, -0.25) is 4.68 Å². The molecule has 2 aliphatic carbocycles. The summed E-state index contributed by atoms with van der Waals surface area (Å²) < 4.78 is 71.4. The van der Waals surface area contributed by atoms with Gasteiger partial charge < -0.3 is 5.32 Å². The zero-order valence-corrected chi connectivity index (χ0v) is 23.8. The number of nitrogens with zero attached hydrogens (tertiary/aromatic N) is 3. The normalized spacial score (nSPS) is 20.6. The van der Waals surface area contributed by atoms with Crippen molar-refractivity contribution in [1.82, 2.24) is 14.8 Å². The number of allylic oxidation sites excluding steroid dienone is 5. The Bertz CT molecular complexity index is 1330. The quantitative estimate of drug-likeness (QED) is 0.219. The minimum atomic E-state index is -4.59. The lowest BCUT2D eigenvalue weighted by Crippen LogP contribution is -2.28. The summed E-state index contributed by atoms with van der Waals surface area (Å²) >= 11 is 0. The van der Waals surface area contributed by atoms with Gasteiger partial charge in [0.2, 0.25) is 6.43 Å². The molecule has 1 aliphatic heterocycles. The molecule has 2 unspecified atom stereocenters. The number of anilines is 1. The molecule has 2 atom stereocenters. The molecule has 4 nitrogen and oxygen atoms in total. The molecule has 0 aromatic carbocycles. The van der Waals surface area contributed by atoms with Gasteiger partial charge in [-0.05, 0) is 101 Å². The molecule has 2 aromatic rings. The summed E-state index contributed by atoms with van der Waals surface area (Å²) in [5, 5.41) is 8.06. The van der Waals surface area contributed by atoms with Crippen molar-refractivity contribution >= 4 is 5.82 Å². The minimum Gasteiger partial charge on any atom is -0.370 e. The Morgan fingerprint density at radius 3 is 2.66 bits per heavy atom. The predicted octanol–water partition coefficient (Wildman–Crippen LogP) is 7.95. The van der Waals surface area contributed by atoms with Crippen LogP contribution >= 0.6 is 0 Å². The van der Waals surface area contributed by atoms with Gasteiger partial charge in [-0.15, -0.1) is 6.58 Å². The van der Waals surface area contributed by atoms with E-state index in [-0.39, 0.29) is 25.2 Å². The molecule has 222 valence electrons.